The molecule has 0 aromatic carbocycles. The summed E-state index contributed by atoms with van der Waals surface area (Å²) >= 11 is -2.23. The molecule has 0 fully saturated rings. The number of aliphatic hydroxyl groups is 1. The monoisotopic (exact) mass is 253 g/mol. The summed E-state index contributed by atoms with van der Waals surface area (Å²) in [6.45, 7) is 4.59. The summed E-state index contributed by atoms with van der Waals surface area (Å²) in [5, 5.41) is 12.5. The molecule has 0 heterocycles. The van der Waals surface area contributed by atoms with Crippen molar-refractivity contribution < 1.29 is 18.6 Å². The van der Waals surface area contributed by atoms with Crippen molar-refractivity contribution in [2.45, 2.75) is 25.6 Å². The second-order valence-corrected chi connectivity index (χ2v) is 5.39. The van der Waals surface area contributed by atoms with Crippen molar-refractivity contribution in [3.05, 3.63) is 0 Å². The SMILES string of the molecule is CO[C@@H](CNCC(C)(C)O)CN(C)S(=O)[O-]. The van der Waals surface area contributed by atoms with Crippen LogP contribution >= 0.6 is 0 Å². The third kappa shape index (κ3) is 8.14. The lowest BCUT2D eigenvalue weighted by Gasteiger charge is -2.25. The van der Waals surface area contributed by atoms with Gasteiger partial charge in [-0.1, -0.05) is 0 Å². The minimum Gasteiger partial charge on any atom is -0.760 e. The average Bonchev–Trinajstić information content (AvgIpc) is 2.13. The summed E-state index contributed by atoms with van der Waals surface area (Å²) in [7, 11) is 3.00. The van der Waals surface area contributed by atoms with E-state index in [0.29, 0.717) is 13.1 Å². The maximum absolute atomic E-state index is 10.6. The molecule has 0 aromatic heterocycles. The minimum atomic E-state index is -2.23. The van der Waals surface area contributed by atoms with Crippen molar-refractivity contribution in [2.75, 3.05) is 33.8 Å². The molecule has 7 heteroatoms. The van der Waals surface area contributed by atoms with Crippen molar-refractivity contribution in [3.8, 4) is 0 Å². The molecule has 2 N–H and O–H groups in total. The first-order chi connectivity index (χ1) is 7.26. The van der Waals surface area contributed by atoms with Gasteiger partial charge in [0.1, 0.15) is 0 Å². The van der Waals surface area contributed by atoms with Gasteiger partial charge in [0.05, 0.1) is 11.7 Å². The molecule has 16 heavy (non-hydrogen) atoms. The van der Waals surface area contributed by atoms with Gasteiger partial charge in [0, 0.05) is 38.0 Å². The lowest BCUT2D eigenvalue weighted by Crippen LogP contribution is -2.42. The van der Waals surface area contributed by atoms with Crippen LogP contribution in [0, 0.1) is 0 Å². The van der Waals surface area contributed by atoms with E-state index in [4.69, 9.17) is 4.74 Å². The highest BCUT2D eigenvalue weighted by atomic mass is 32.2. The Bertz CT molecular complexity index is 220. The van der Waals surface area contributed by atoms with Gasteiger partial charge in [-0.2, -0.15) is 0 Å². The molecule has 0 amide bonds. The van der Waals surface area contributed by atoms with Crippen LogP contribution < -0.4 is 5.32 Å². The van der Waals surface area contributed by atoms with Gasteiger partial charge in [0.15, 0.2) is 0 Å². The van der Waals surface area contributed by atoms with Crippen molar-refractivity contribution >= 4 is 11.3 Å². The number of hydrogen-bond donors (Lipinski definition) is 2. The predicted octanol–water partition coefficient (Wildman–Crippen LogP) is -0.912. The van der Waals surface area contributed by atoms with E-state index in [1.807, 2.05) is 0 Å². The van der Waals surface area contributed by atoms with E-state index in [1.54, 1.807) is 13.8 Å². The highest BCUT2D eigenvalue weighted by Crippen LogP contribution is 1.99. The van der Waals surface area contributed by atoms with Gasteiger partial charge >= 0.3 is 0 Å². The van der Waals surface area contributed by atoms with Gasteiger partial charge in [-0.3, -0.25) is 4.21 Å². The average molecular weight is 253 g/mol. The fourth-order valence-corrected chi connectivity index (χ4v) is 1.40. The first-order valence-corrected chi connectivity index (χ1v) is 6.06. The van der Waals surface area contributed by atoms with Gasteiger partial charge in [-0.15, -0.1) is 0 Å². The number of rotatable bonds is 8. The molecular weight excluding hydrogens is 232 g/mol. The van der Waals surface area contributed by atoms with Crippen molar-refractivity contribution in [3.63, 3.8) is 0 Å². The molecule has 0 aromatic rings. The molecule has 2 atom stereocenters. The summed E-state index contributed by atoms with van der Waals surface area (Å²) < 4.78 is 27.5. The third-order valence-electron chi connectivity index (χ3n) is 1.98. The maximum Gasteiger partial charge on any atom is 0.0832 e. The summed E-state index contributed by atoms with van der Waals surface area (Å²) in [5.74, 6) is 0. The van der Waals surface area contributed by atoms with Crippen LogP contribution in [0.1, 0.15) is 13.8 Å². The molecule has 0 spiro atoms. The van der Waals surface area contributed by atoms with Crippen molar-refractivity contribution in [1.82, 2.24) is 9.62 Å². The Hall–Kier alpha value is -0.0500. The van der Waals surface area contributed by atoms with E-state index in [9.17, 15) is 13.9 Å². The molecule has 0 saturated heterocycles. The van der Waals surface area contributed by atoms with E-state index >= 15 is 0 Å². The molecular formula is C9H21N2O4S-. The minimum absolute atomic E-state index is 0.231. The Morgan fingerprint density at radius 2 is 2.19 bits per heavy atom. The largest absolute Gasteiger partial charge is 0.760 e. The normalized spacial score (nSPS) is 16.4. The standard InChI is InChI=1S/C9H22N2O4S/c1-9(2,12)7-10-5-8(15-4)6-11(3)16(13)14/h8,10,12H,5-7H2,1-4H3,(H,13,14)/p-1/t8-/m0/s1. The number of likely N-dealkylation sites (N-methyl/N-ethyl adjacent to an activating group) is 1. The molecule has 0 saturated carbocycles. The number of ether oxygens (including phenoxy) is 1. The summed E-state index contributed by atoms with van der Waals surface area (Å²) in [6.07, 6.45) is -0.231. The predicted molar refractivity (Wildman–Crippen MR) is 61.5 cm³/mol. The number of nitrogens with one attached hydrogen (secondary N) is 1. The number of hydrogen-bond acceptors (Lipinski definition) is 5. The first kappa shape index (κ1) is 16.0. The first-order valence-electron chi connectivity index (χ1n) is 5.02. The molecule has 0 bridgehead atoms. The fraction of sp³-hybridized carbons (Fsp3) is 1.00. The van der Waals surface area contributed by atoms with E-state index in [0.717, 1.165) is 0 Å². The van der Waals surface area contributed by atoms with Gasteiger partial charge in [-0.05, 0) is 20.9 Å². The van der Waals surface area contributed by atoms with Crippen molar-refractivity contribution in [2.24, 2.45) is 0 Å². The van der Waals surface area contributed by atoms with Gasteiger partial charge in [0.25, 0.3) is 0 Å². The molecule has 1 unspecified atom stereocenters. The molecule has 0 aliphatic heterocycles. The number of nitrogens with zero attached hydrogens (tertiary/aromatic N) is 1. The second kappa shape index (κ2) is 7.31. The van der Waals surface area contributed by atoms with Crippen molar-refractivity contribution in [1.29, 1.82) is 0 Å². The smallest absolute Gasteiger partial charge is 0.0832 e. The maximum atomic E-state index is 10.6. The van der Waals surface area contributed by atoms with Crippen LogP contribution in [0.3, 0.4) is 0 Å². The summed E-state index contributed by atoms with van der Waals surface area (Å²) in [5.41, 5.74) is -0.786. The van der Waals surface area contributed by atoms with Crippen LogP contribution in [-0.2, 0) is 16.0 Å². The summed E-state index contributed by atoms with van der Waals surface area (Å²) in [6, 6.07) is 0. The van der Waals surface area contributed by atoms with Crippen LogP contribution in [-0.4, -0.2) is 63.7 Å². The Kier molecular flexibility index (Phi) is 7.29. The molecule has 6 nitrogen and oxygen atoms in total. The fourth-order valence-electron chi connectivity index (χ4n) is 1.11. The van der Waals surface area contributed by atoms with E-state index in [2.05, 4.69) is 5.32 Å². The third-order valence-corrected chi connectivity index (χ3v) is 2.64. The molecule has 98 valence electrons. The molecule has 0 aliphatic rings. The zero-order chi connectivity index (χ0) is 12.8. The number of methoxy groups -OCH3 is 1. The van der Waals surface area contributed by atoms with Crippen LogP contribution in [0.5, 0.6) is 0 Å². The van der Waals surface area contributed by atoms with Gasteiger partial charge < -0.3 is 19.7 Å². The van der Waals surface area contributed by atoms with E-state index in [-0.39, 0.29) is 12.6 Å². The van der Waals surface area contributed by atoms with Crippen LogP contribution in [0.15, 0.2) is 0 Å². The molecule has 0 radical (unpaired) electrons. The molecule has 0 rings (SSSR count). The van der Waals surface area contributed by atoms with Gasteiger partial charge in [-0.25, -0.2) is 4.31 Å². The van der Waals surface area contributed by atoms with Crippen LogP contribution in [0.2, 0.25) is 0 Å². The second-order valence-electron chi connectivity index (χ2n) is 4.33. The Morgan fingerprint density at radius 3 is 2.56 bits per heavy atom. The van der Waals surface area contributed by atoms with Gasteiger partial charge in [0.2, 0.25) is 0 Å². The highest BCUT2D eigenvalue weighted by Gasteiger charge is 2.15. The zero-order valence-electron chi connectivity index (χ0n) is 10.2. The zero-order valence-corrected chi connectivity index (χ0v) is 11.0. The quantitative estimate of drug-likeness (QED) is 0.547. The Morgan fingerprint density at radius 1 is 1.62 bits per heavy atom. The lowest BCUT2D eigenvalue weighted by atomic mass is 10.1. The van der Waals surface area contributed by atoms with E-state index in [1.165, 1.54) is 18.5 Å². The Labute approximate surface area is 99.4 Å². The Balaban J connectivity index is 3.88. The highest BCUT2D eigenvalue weighted by molar-refractivity contribution is 7.76. The lowest BCUT2D eigenvalue weighted by molar-refractivity contribution is 0.0606. The molecule has 0 aliphatic carbocycles. The van der Waals surface area contributed by atoms with Crippen LogP contribution in [0.25, 0.3) is 0 Å². The topological polar surface area (TPSA) is 84.9 Å². The van der Waals surface area contributed by atoms with Crippen LogP contribution in [0.4, 0.5) is 0 Å². The summed E-state index contributed by atoms with van der Waals surface area (Å²) in [4.78, 5) is 0. The van der Waals surface area contributed by atoms with E-state index < -0.39 is 16.9 Å².